The number of carbonyl (C=O) groups excluding carboxylic acids is 1. The maximum absolute atomic E-state index is 12.8. The van der Waals surface area contributed by atoms with Crippen LogP contribution in [0.25, 0.3) is 0 Å². The second-order valence-electron chi connectivity index (χ2n) is 7.32. The monoisotopic (exact) mass is 360 g/mol. The second-order valence-corrected chi connectivity index (χ2v) is 7.32. The number of esters is 1. The molecule has 2 aliphatic heterocycles. The van der Waals surface area contributed by atoms with Gasteiger partial charge in [-0.3, -0.25) is 9.69 Å². The van der Waals surface area contributed by atoms with E-state index in [4.69, 9.17) is 9.47 Å². The molecular weight excluding hydrogens is 328 g/mol. The van der Waals surface area contributed by atoms with E-state index < -0.39 is 5.41 Å². The van der Waals surface area contributed by atoms with Gasteiger partial charge in [0.15, 0.2) is 0 Å². The topological polar surface area (TPSA) is 42.0 Å². The van der Waals surface area contributed by atoms with E-state index in [1.165, 1.54) is 6.42 Å². The SMILES string of the molecule is CCOC(=O)C1(c2ccccc2)CCN(CCCN2CCOCC2)CC1. The fraction of sp³-hybridized carbons (Fsp3) is 0.667. The number of benzene rings is 1. The lowest BCUT2D eigenvalue weighted by atomic mass is 9.72. The number of hydrogen-bond donors (Lipinski definition) is 0. The van der Waals surface area contributed by atoms with E-state index in [9.17, 15) is 4.79 Å². The van der Waals surface area contributed by atoms with Crippen LogP contribution in [0.5, 0.6) is 0 Å². The van der Waals surface area contributed by atoms with Crippen LogP contribution in [0.15, 0.2) is 30.3 Å². The lowest BCUT2D eigenvalue weighted by Crippen LogP contribution is -2.48. The van der Waals surface area contributed by atoms with Crippen LogP contribution in [0.4, 0.5) is 0 Å². The third kappa shape index (κ3) is 4.64. The highest BCUT2D eigenvalue weighted by molar-refractivity contribution is 5.83. The Labute approximate surface area is 157 Å². The summed E-state index contributed by atoms with van der Waals surface area (Å²) in [5.41, 5.74) is 0.629. The van der Waals surface area contributed by atoms with Gasteiger partial charge < -0.3 is 14.4 Å². The van der Waals surface area contributed by atoms with Gasteiger partial charge in [0.1, 0.15) is 0 Å². The number of carbonyl (C=O) groups is 1. The van der Waals surface area contributed by atoms with Crippen molar-refractivity contribution < 1.29 is 14.3 Å². The van der Waals surface area contributed by atoms with E-state index in [-0.39, 0.29) is 5.97 Å². The van der Waals surface area contributed by atoms with Gasteiger partial charge >= 0.3 is 5.97 Å². The fourth-order valence-electron chi connectivity index (χ4n) is 4.14. The molecule has 0 unspecified atom stereocenters. The number of rotatable bonds is 7. The highest BCUT2D eigenvalue weighted by atomic mass is 16.5. The Morgan fingerprint density at radius 1 is 1.04 bits per heavy atom. The molecule has 144 valence electrons. The predicted octanol–water partition coefficient (Wildman–Crippen LogP) is 2.31. The number of nitrogens with zero attached hydrogens (tertiary/aromatic N) is 2. The molecule has 5 nitrogen and oxygen atoms in total. The molecule has 2 fully saturated rings. The van der Waals surface area contributed by atoms with E-state index in [0.717, 1.165) is 70.9 Å². The zero-order chi connectivity index (χ0) is 18.2. The molecule has 0 bridgehead atoms. The van der Waals surface area contributed by atoms with Crippen molar-refractivity contribution in [2.24, 2.45) is 0 Å². The summed E-state index contributed by atoms with van der Waals surface area (Å²) in [6, 6.07) is 10.2. The van der Waals surface area contributed by atoms with Gasteiger partial charge in [0, 0.05) is 13.1 Å². The molecule has 26 heavy (non-hydrogen) atoms. The van der Waals surface area contributed by atoms with Crippen LogP contribution in [0.3, 0.4) is 0 Å². The normalized spacial score (nSPS) is 21.4. The molecule has 3 rings (SSSR count). The van der Waals surface area contributed by atoms with E-state index in [1.54, 1.807) is 0 Å². The maximum Gasteiger partial charge on any atom is 0.316 e. The van der Waals surface area contributed by atoms with Gasteiger partial charge in [-0.2, -0.15) is 0 Å². The van der Waals surface area contributed by atoms with Gasteiger partial charge in [-0.05, 0) is 57.9 Å². The van der Waals surface area contributed by atoms with Crippen LogP contribution in [-0.4, -0.2) is 74.9 Å². The number of ether oxygens (including phenoxy) is 2. The Kier molecular flexibility index (Phi) is 7.06. The number of likely N-dealkylation sites (tertiary alicyclic amines) is 1. The first-order valence-electron chi connectivity index (χ1n) is 10.00. The first kappa shape index (κ1) is 19.3. The summed E-state index contributed by atoms with van der Waals surface area (Å²) in [4.78, 5) is 17.8. The summed E-state index contributed by atoms with van der Waals surface area (Å²) in [7, 11) is 0. The van der Waals surface area contributed by atoms with E-state index in [0.29, 0.717) is 6.61 Å². The maximum atomic E-state index is 12.8. The van der Waals surface area contributed by atoms with Gasteiger partial charge in [0.25, 0.3) is 0 Å². The molecule has 1 aromatic carbocycles. The third-order valence-corrected chi connectivity index (χ3v) is 5.75. The van der Waals surface area contributed by atoms with Crippen LogP contribution in [0.2, 0.25) is 0 Å². The highest BCUT2D eigenvalue weighted by Gasteiger charge is 2.44. The van der Waals surface area contributed by atoms with Crippen LogP contribution in [-0.2, 0) is 19.7 Å². The van der Waals surface area contributed by atoms with Crippen molar-refractivity contribution in [1.29, 1.82) is 0 Å². The Balaban J connectivity index is 1.54. The largest absolute Gasteiger partial charge is 0.465 e. The predicted molar refractivity (Wildman–Crippen MR) is 102 cm³/mol. The average Bonchev–Trinajstić information content (AvgIpc) is 2.70. The lowest BCUT2D eigenvalue weighted by Gasteiger charge is -2.40. The second kappa shape index (κ2) is 9.49. The van der Waals surface area contributed by atoms with Gasteiger partial charge in [-0.25, -0.2) is 0 Å². The average molecular weight is 360 g/mol. The van der Waals surface area contributed by atoms with Gasteiger partial charge in [0.2, 0.25) is 0 Å². The Bertz CT molecular complexity index is 550. The molecule has 0 radical (unpaired) electrons. The first-order valence-corrected chi connectivity index (χ1v) is 10.00. The number of piperidine rings is 1. The zero-order valence-corrected chi connectivity index (χ0v) is 16.0. The van der Waals surface area contributed by atoms with Crippen molar-refractivity contribution in [3.63, 3.8) is 0 Å². The molecule has 0 spiro atoms. The minimum atomic E-state index is -0.474. The van der Waals surface area contributed by atoms with Crippen molar-refractivity contribution in [1.82, 2.24) is 9.80 Å². The van der Waals surface area contributed by atoms with Crippen LogP contribution in [0, 0.1) is 0 Å². The lowest BCUT2D eigenvalue weighted by molar-refractivity contribution is -0.152. The van der Waals surface area contributed by atoms with Crippen molar-refractivity contribution in [2.75, 3.05) is 59.1 Å². The number of hydrogen-bond acceptors (Lipinski definition) is 5. The summed E-state index contributed by atoms with van der Waals surface area (Å²) in [6.45, 7) is 10.3. The summed E-state index contributed by atoms with van der Waals surface area (Å²) < 4.78 is 10.9. The molecule has 0 saturated carbocycles. The summed E-state index contributed by atoms with van der Waals surface area (Å²) in [6.07, 6.45) is 2.86. The van der Waals surface area contributed by atoms with E-state index in [2.05, 4.69) is 21.9 Å². The van der Waals surface area contributed by atoms with E-state index >= 15 is 0 Å². The molecule has 5 heteroatoms. The molecular formula is C21H32N2O3. The minimum absolute atomic E-state index is 0.0563. The Hall–Kier alpha value is -1.43. The van der Waals surface area contributed by atoms with Crippen LogP contribution < -0.4 is 0 Å². The molecule has 2 aliphatic rings. The standard InChI is InChI=1S/C21H32N2O3/c1-2-26-20(24)21(19-7-4-3-5-8-19)9-13-22(14-10-21)11-6-12-23-15-17-25-18-16-23/h3-5,7-8H,2,6,9-18H2,1H3. The molecule has 2 heterocycles. The summed E-state index contributed by atoms with van der Waals surface area (Å²) in [5, 5.41) is 0. The zero-order valence-electron chi connectivity index (χ0n) is 16.0. The van der Waals surface area contributed by atoms with Crippen LogP contribution >= 0.6 is 0 Å². The molecule has 2 saturated heterocycles. The van der Waals surface area contributed by atoms with Crippen molar-refractivity contribution in [2.45, 2.75) is 31.6 Å². The molecule has 0 atom stereocenters. The van der Waals surface area contributed by atoms with Crippen molar-refractivity contribution in [3.8, 4) is 0 Å². The molecule has 0 aromatic heterocycles. The Morgan fingerprint density at radius 3 is 2.27 bits per heavy atom. The summed E-state index contributed by atoms with van der Waals surface area (Å²) in [5.74, 6) is -0.0563. The van der Waals surface area contributed by atoms with Crippen molar-refractivity contribution in [3.05, 3.63) is 35.9 Å². The van der Waals surface area contributed by atoms with E-state index in [1.807, 2.05) is 25.1 Å². The van der Waals surface area contributed by atoms with Crippen molar-refractivity contribution >= 4 is 5.97 Å². The van der Waals surface area contributed by atoms with Gasteiger partial charge in [-0.15, -0.1) is 0 Å². The van der Waals surface area contributed by atoms with Gasteiger partial charge in [-0.1, -0.05) is 30.3 Å². The molecule has 0 aliphatic carbocycles. The third-order valence-electron chi connectivity index (χ3n) is 5.75. The first-order chi connectivity index (χ1) is 12.7. The minimum Gasteiger partial charge on any atom is -0.465 e. The molecule has 1 aromatic rings. The molecule has 0 N–H and O–H groups in total. The highest BCUT2D eigenvalue weighted by Crippen LogP contribution is 2.37. The van der Waals surface area contributed by atoms with Crippen LogP contribution in [0.1, 0.15) is 31.7 Å². The number of morpholine rings is 1. The fourth-order valence-corrected chi connectivity index (χ4v) is 4.14. The quantitative estimate of drug-likeness (QED) is 0.698. The Morgan fingerprint density at radius 2 is 1.65 bits per heavy atom. The van der Waals surface area contributed by atoms with Gasteiger partial charge in [0.05, 0.1) is 25.2 Å². The smallest absolute Gasteiger partial charge is 0.316 e. The molecule has 0 amide bonds. The summed E-state index contributed by atoms with van der Waals surface area (Å²) >= 11 is 0.